The summed E-state index contributed by atoms with van der Waals surface area (Å²) in [6.07, 6.45) is 0.858. The molecule has 1 aromatic heterocycles. The number of anilines is 1. The molecular formula is C19H28N4O2S. The van der Waals surface area contributed by atoms with Gasteiger partial charge in [0, 0.05) is 43.1 Å². The average Bonchev–Trinajstić information content (AvgIpc) is 3.11. The van der Waals surface area contributed by atoms with Crippen molar-refractivity contribution >= 4 is 23.0 Å². The van der Waals surface area contributed by atoms with Crippen molar-refractivity contribution in [1.29, 1.82) is 0 Å². The second kappa shape index (κ2) is 10.0. The van der Waals surface area contributed by atoms with Crippen LogP contribution in [0.25, 0.3) is 0 Å². The molecule has 0 aliphatic carbocycles. The highest BCUT2D eigenvalue weighted by Gasteiger charge is 2.08. The van der Waals surface area contributed by atoms with Gasteiger partial charge in [-0.05, 0) is 19.1 Å². The molecule has 2 rings (SSSR count). The smallest absolute Gasteiger partial charge is 0.195 e. The number of nitrogens with zero attached hydrogens (tertiary/aromatic N) is 2. The standard InChI is InChI=1S/C19H28N4O2S/c1-6-25-16-8-7-14(11-17(16)24-5)23-19(20-4)21-10-9-15-12-26-18(22-15)13(2)3/h7-8,11-13H,6,9-10H2,1-5H3,(H2,20,21,23). The lowest BCUT2D eigenvalue weighted by Crippen LogP contribution is -2.32. The minimum absolute atomic E-state index is 0.478. The van der Waals surface area contributed by atoms with Gasteiger partial charge in [-0.25, -0.2) is 4.98 Å². The number of hydrogen-bond donors (Lipinski definition) is 2. The first-order valence-corrected chi connectivity index (χ1v) is 9.68. The minimum Gasteiger partial charge on any atom is -0.493 e. The Labute approximate surface area is 159 Å². The van der Waals surface area contributed by atoms with Crippen LogP contribution in [0.3, 0.4) is 0 Å². The zero-order valence-corrected chi connectivity index (χ0v) is 16.9. The lowest BCUT2D eigenvalue weighted by Gasteiger charge is -2.14. The Balaban J connectivity index is 1.90. The summed E-state index contributed by atoms with van der Waals surface area (Å²) in [6, 6.07) is 5.73. The molecule has 0 amide bonds. The van der Waals surface area contributed by atoms with Crippen LogP contribution in [0.1, 0.15) is 37.4 Å². The zero-order chi connectivity index (χ0) is 18.9. The molecule has 7 heteroatoms. The second-order valence-corrected chi connectivity index (χ2v) is 6.89. The van der Waals surface area contributed by atoms with Crippen LogP contribution >= 0.6 is 11.3 Å². The van der Waals surface area contributed by atoms with Gasteiger partial charge in [0.15, 0.2) is 17.5 Å². The first-order valence-electron chi connectivity index (χ1n) is 8.80. The summed E-state index contributed by atoms with van der Waals surface area (Å²) in [4.78, 5) is 8.92. The number of guanidine groups is 1. The van der Waals surface area contributed by atoms with E-state index in [2.05, 4.69) is 39.8 Å². The summed E-state index contributed by atoms with van der Waals surface area (Å²) in [7, 11) is 3.38. The molecule has 2 N–H and O–H groups in total. The third-order valence-corrected chi connectivity index (χ3v) is 4.88. The molecule has 142 valence electrons. The molecule has 0 saturated heterocycles. The predicted molar refractivity (Wildman–Crippen MR) is 109 cm³/mol. The van der Waals surface area contributed by atoms with Crippen molar-refractivity contribution in [2.75, 3.05) is 32.6 Å². The van der Waals surface area contributed by atoms with E-state index < -0.39 is 0 Å². The molecular weight excluding hydrogens is 348 g/mol. The predicted octanol–water partition coefficient (Wildman–Crippen LogP) is 3.90. The number of ether oxygens (including phenoxy) is 2. The molecule has 0 aliphatic heterocycles. The van der Waals surface area contributed by atoms with Gasteiger partial charge in [0.1, 0.15) is 0 Å². The lowest BCUT2D eigenvalue weighted by atomic mass is 10.2. The summed E-state index contributed by atoms with van der Waals surface area (Å²) in [5.74, 6) is 2.60. The third kappa shape index (κ3) is 5.62. The summed E-state index contributed by atoms with van der Waals surface area (Å²) in [6.45, 7) is 7.63. The number of aromatic nitrogens is 1. The van der Waals surface area contributed by atoms with Gasteiger partial charge in [0.05, 0.1) is 24.4 Å². The van der Waals surface area contributed by atoms with E-state index in [4.69, 9.17) is 9.47 Å². The summed E-state index contributed by atoms with van der Waals surface area (Å²) in [5, 5.41) is 9.90. The quantitative estimate of drug-likeness (QED) is 0.540. The Bertz CT molecular complexity index is 728. The van der Waals surface area contributed by atoms with E-state index in [1.165, 1.54) is 5.01 Å². The van der Waals surface area contributed by atoms with Crippen molar-refractivity contribution < 1.29 is 9.47 Å². The molecule has 2 aromatic rings. The van der Waals surface area contributed by atoms with Crippen LogP contribution in [-0.2, 0) is 6.42 Å². The molecule has 0 radical (unpaired) electrons. The van der Waals surface area contributed by atoms with Crippen LogP contribution in [0.5, 0.6) is 11.5 Å². The molecule has 1 aromatic carbocycles. The largest absolute Gasteiger partial charge is 0.493 e. The fraction of sp³-hybridized carbons (Fsp3) is 0.474. The second-order valence-electron chi connectivity index (χ2n) is 6.00. The number of nitrogens with one attached hydrogen (secondary N) is 2. The van der Waals surface area contributed by atoms with E-state index in [-0.39, 0.29) is 0 Å². The molecule has 26 heavy (non-hydrogen) atoms. The monoisotopic (exact) mass is 376 g/mol. The van der Waals surface area contributed by atoms with Gasteiger partial charge in [-0.15, -0.1) is 11.3 Å². The normalized spacial score (nSPS) is 11.5. The van der Waals surface area contributed by atoms with Crippen molar-refractivity contribution in [2.45, 2.75) is 33.1 Å². The van der Waals surface area contributed by atoms with E-state index in [1.807, 2.05) is 25.1 Å². The Kier molecular flexibility index (Phi) is 7.72. The van der Waals surface area contributed by atoms with Crippen molar-refractivity contribution in [3.8, 4) is 11.5 Å². The Hall–Kier alpha value is -2.28. The van der Waals surface area contributed by atoms with Gasteiger partial charge in [-0.3, -0.25) is 4.99 Å². The molecule has 0 aliphatic rings. The maximum Gasteiger partial charge on any atom is 0.195 e. The Morgan fingerprint density at radius 2 is 2.12 bits per heavy atom. The first-order chi connectivity index (χ1) is 12.6. The highest BCUT2D eigenvalue weighted by Crippen LogP contribution is 2.30. The van der Waals surface area contributed by atoms with Gasteiger partial charge in [0.25, 0.3) is 0 Å². The molecule has 0 atom stereocenters. The van der Waals surface area contributed by atoms with Gasteiger partial charge in [-0.1, -0.05) is 13.8 Å². The van der Waals surface area contributed by atoms with Crippen LogP contribution in [0, 0.1) is 0 Å². The minimum atomic E-state index is 0.478. The number of thiazole rings is 1. The van der Waals surface area contributed by atoms with Crippen molar-refractivity contribution in [3.05, 3.63) is 34.3 Å². The summed E-state index contributed by atoms with van der Waals surface area (Å²) < 4.78 is 10.9. The molecule has 0 unspecified atom stereocenters. The maximum atomic E-state index is 5.54. The van der Waals surface area contributed by atoms with Gasteiger partial charge in [-0.2, -0.15) is 0 Å². The maximum absolute atomic E-state index is 5.54. The summed E-state index contributed by atoms with van der Waals surface area (Å²) >= 11 is 1.72. The topological polar surface area (TPSA) is 67.8 Å². The SMILES string of the molecule is CCOc1ccc(NC(=NC)NCCc2csc(C(C)C)n2)cc1OC. The number of methoxy groups -OCH3 is 1. The molecule has 0 spiro atoms. The Morgan fingerprint density at radius 3 is 2.73 bits per heavy atom. The first kappa shape index (κ1) is 20.0. The van der Waals surface area contributed by atoms with Crippen LogP contribution in [-0.4, -0.2) is 38.3 Å². The Morgan fingerprint density at radius 1 is 1.31 bits per heavy atom. The fourth-order valence-corrected chi connectivity index (χ4v) is 3.22. The summed E-state index contributed by atoms with van der Waals surface area (Å²) in [5.41, 5.74) is 2.00. The lowest BCUT2D eigenvalue weighted by molar-refractivity contribution is 0.311. The number of hydrogen-bond acceptors (Lipinski definition) is 5. The highest BCUT2D eigenvalue weighted by molar-refractivity contribution is 7.09. The molecule has 1 heterocycles. The van der Waals surface area contributed by atoms with Crippen LogP contribution in [0.4, 0.5) is 5.69 Å². The van der Waals surface area contributed by atoms with Crippen molar-refractivity contribution in [1.82, 2.24) is 10.3 Å². The molecule has 6 nitrogen and oxygen atoms in total. The van der Waals surface area contributed by atoms with Crippen LogP contribution < -0.4 is 20.1 Å². The molecule has 0 bridgehead atoms. The number of rotatable bonds is 8. The van der Waals surface area contributed by atoms with Gasteiger partial charge < -0.3 is 20.1 Å². The highest BCUT2D eigenvalue weighted by atomic mass is 32.1. The van der Waals surface area contributed by atoms with E-state index in [0.29, 0.717) is 24.2 Å². The molecule has 0 saturated carbocycles. The van der Waals surface area contributed by atoms with E-state index >= 15 is 0 Å². The van der Waals surface area contributed by atoms with E-state index in [1.54, 1.807) is 25.5 Å². The average molecular weight is 377 g/mol. The fourth-order valence-electron chi connectivity index (χ4n) is 2.35. The van der Waals surface area contributed by atoms with Gasteiger partial charge >= 0.3 is 0 Å². The molecule has 0 fully saturated rings. The zero-order valence-electron chi connectivity index (χ0n) is 16.1. The number of aliphatic imine (C=N–C) groups is 1. The van der Waals surface area contributed by atoms with Crippen molar-refractivity contribution in [3.63, 3.8) is 0 Å². The number of benzene rings is 1. The van der Waals surface area contributed by atoms with E-state index in [9.17, 15) is 0 Å². The van der Waals surface area contributed by atoms with Crippen LogP contribution in [0.2, 0.25) is 0 Å². The van der Waals surface area contributed by atoms with Crippen LogP contribution in [0.15, 0.2) is 28.6 Å². The third-order valence-electron chi connectivity index (χ3n) is 3.69. The van der Waals surface area contributed by atoms with Crippen molar-refractivity contribution in [2.24, 2.45) is 4.99 Å². The van der Waals surface area contributed by atoms with Gasteiger partial charge in [0.2, 0.25) is 0 Å². The van der Waals surface area contributed by atoms with E-state index in [0.717, 1.165) is 30.1 Å².